The summed E-state index contributed by atoms with van der Waals surface area (Å²) in [5, 5.41) is 3.55. The molecule has 1 saturated heterocycles. The van der Waals surface area contributed by atoms with Crippen molar-refractivity contribution in [3.8, 4) is 0 Å². The molecule has 1 aromatic carbocycles. The molecule has 0 unspecified atom stereocenters. The molecule has 0 radical (unpaired) electrons. The van der Waals surface area contributed by atoms with E-state index >= 15 is 0 Å². The van der Waals surface area contributed by atoms with E-state index in [4.69, 9.17) is 5.53 Å². The molecular formula is C16H20N6O2. The molecule has 0 atom stereocenters. The van der Waals surface area contributed by atoms with Gasteiger partial charge < -0.3 is 4.90 Å². The molecule has 8 nitrogen and oxygen atoms in total. The lowest BCUT2D eigenvalue weighted by atomic mass is 10.1. The minimum Gasteiger partial charge on any atom is -0.301 e. The second kappa shape index (κ2) is 7.44. The van der Waals surface area contributed by atoms with E-state index in [-0.39, 0.29) is 11.8 Å². The molecule has 0 saturated carbocycles. The first kappa shape index (κ1) is 16.4. The van der Waals surface area contributed by atoms with E-state index in [2.05, 4.69) is 19.8 Å². The fourth-order valence-corrected chi connectivity index (χ4v) is 3.15. The van der Waals surface area contributed by atoms with Crippen LogP contribution in [-0.4, -0.2) is 78.9 Å². The Hall–Kier alpha value is -2.41. The summed E-state index contributed by atoms with van der Waals surface area (Å²) >= 11 is 0. The number of carbonyl (C=O) groups excluding carboxylic acids is 2. The summed E-state index contributed by atoms with van der Waals surface area (Å²) in [5.74, 6) is -0.382. The van der Waals surface area contributed by atoms with Crippen LogP contribution in [0, 0.1) is 0 Å². The van der Waals surface area contributed by atoms with E-state index in [1.54, 1.807) is 24.3 Å². The standard InChI is InChI=1S/C16H20N6O2/c17-19-18-5-6-20-7-9-21(10-8-20)11-12-22-15(23)13-3-1-2-4-14(13)16(22)24/h1-4H,5-12H2. The molecule has 0 bridgehead atoms. The van der Waals surface area contributed by atoms with E-state index in [9.17, 15) is 9.59 Å². The first-order chi connectivity index (χ1) is 11.7. The first-order valence-electron chi connectivity index (χ1n) is 8.11. The molecule has 0 spiro atoms. The van der Waals surface area contributed by atoms with Gasteiger partial charge in [-0.3, -0.25) is 19.4 Å². The molecule has 2 heterocycles. The molecule has 0 aromatic heterocycles. The highest BCUT2D eigenvalue weighted by Gasteiger charge is 2.35. The molecular weight excluding hydrogens is 308 g/mol. The molecule has 2 aliphatic rings. The van der Waals surface area contributed by atoms with Crippen LogP contribution < -0.4 is 0 Å². The van der Waals surface area contributed by atoms with E-state index in [0.29, 0.717) is 30.8 Å². The molecule has 8 heteroatoms. The highest BCUT2D eigenvalue weighted by Crippen LogP contribution is 2.22. The number of amides is 2. The quantitative estimate of drug-likeness (QED) is 0.339. The highest BCUT2D eigenvalue weighted by molar-refractivity contribution is 6.21. The van der Waals surface area contributed by atoms with Crippen molar-refractivity contribution in [3.63, 3.8) is 0 Å². The molecule has 0 N–H and O–H groups in total. The molecule has 0 aliphatic carbocycles. The molecule has 2 aliphatic heterocycles. The normalized spacial score (nSPS) is 18.6. The van der Waals surface area contributed by atoms with Crippen LogP contribution in [0.15, 0.2) is 29.4 Å². The molecule has 1 aromatic rings. The predicted molar refractivity (Wildman–Crippen MR) is 88.7 cm³/mol. The summed E-state index contributed by atoms with van der Waals surface area (Å²) in [4.78, 5) is 33.3. The van der Waals surface area contributed by atoms with Crippen molar-refractivity contribution in [1.29, 1.82) is 0 Å². The van der Waals surface area contributed by atoms with Gasteiger partial charge in [0.2, 0.25) is 0 Å². The number of fused-ring (bicyclic) bond motifs is 1. The Kier molecular flexibility index (Phi) is 5.10. The Labute approximate surface area is 140 Å². The van der Waals surface area contributed by atoms with Crippen molar-refractivity contribution >= 4 is 11.8 Å². The molecule has 24 heavy (non-hydrogen) atoms. The lowest BCUT2D eigenvalue weighted by molar-refractivity contribution is 0.0616. The maximum absolute atomic E-state index is 12.3. The van der Waals surface area contributed by atoms with Crippen molar-refractivity contribution < 1.29 is 9.59 Å². The van der Waals surface area contributed by atoms with Gasteiger partial charge in [-0.05, 0) is 17.7 Å². The zero-order valence-electron chi connectivity index (χ0n) is 13.5. The zero-order valence-corrected chi connectivity index (χ0v) is 13.5. The Morgan fingerprint density at radius 2 is 1.46 bits per heavy atom. The third-order valence-electron chi connectivity index (χ3n) is 4.56. The number of rotatable bonds is 6. The fraction of sp³-hybridized carbons (Fsp3) is 0.500. The summed E-state index contributed by atoms with van der Waals surface area (Å²) < 4.78 is 0. The van der Waals surface area contributed by atoms with Gasteiger partial charge in [-0.2, -0.15) is 0 Å². The number of nitrogens with zero attached hydrogens (tertiary/aromatic N) is 6. The average Bonchev–Trinajstić information content (AvgIpc) is 2.86. The maximum Gasteiger partial charge on any atom is 0.261 e. The summed E-state index contributed by atoms with van der Waals surface area (Å²) in [6.45, 7) is 5.97. The fourth-order valence-electron chi connectivity index (χ4n) is 3.15. The van der Waals surface area contributed by atoms with Gasteiger partial charge in [0.05, 0.1) is 11.1 Å². The number of azide groups is 1. The molecule has 1 fully saturated rings. The van der Waals surface area contributed by atoms with Gasteiger partial charge in [0.15, 0.2) is 0 Å². The topological polar surface area (TPSA) is 92.6 Å². The van der Waals surface area contributed by atoms with Gasteiger partial charge in [-0.1, -0.05) is 17.2 Å². The van der Waals surface area contributed by atoms with Crippen LogP contribution in [-0.2, 0) is 0 Å². The van der Waals surface area contributed by atoms with Crippen molar-refractivity contribution in [2.24, 2.45) is 5.11 Å². The van der Waals surface area contributed by atoms with Gasteiger partial charge in [-0.25, -0.2) is 0 Å². The van der Waals surface area contributed by atoms with Gasteiger partial charge >= 0.3 is 0 Å². The summed E-state index contributed by atoms with van der Waals surface area (Å²) in [7, 11) is 0. The van der Waals surface area contributed by atoms with Crippen LogP contribution >= 0.6 is 0 Å². The zero-order chi connectivity index (χ0) is 16.9. The van der Waals surface area contributed by atoms with Crippen molar-refractivity contribution in [2.75, 3.05) is 52.4 Å². The van der Waals surface area contributed by atoms with Crippen LogP contribution in [0.3, 0.4) is 0 Å². The predicted octanol–water partition coefficient (Wildman–Crippen LogP) is 1.21. The highest BCUT2D eigenvalue weighted by atomic mass is 16.2. The van der Waals surface area contributed by atoms with Gasteiger partial charge in [-0.15, -0.1) is 0 Å². The van der Waals surface area contributed by atoms with E-state index in [1.807, 2.05) is 0 Å². The van der Waals surface area contributed by atoms with E-state index in [0.717, 1.165) is 32.7 Å². The molecule has 3 rings (SSSR count). The van der Waals surface area contributed by atoms with Gasteiger partial charge in [0.25, 0.3) is 11.8 Å². The lowest BCUT2D eigenvalue weighted by Crippen LogP contribution is -2.49. The largest absolute Gasteiger partial charge is 0.301 e. The number of hydrogen-bond donors (Lipinski definition) is 0. The minimum absolute atomic E-state index is 0.191. The van der Waals surface area contributed by atoms with Crippen molar-refractivity contribution in [2.45, 2.75) is 0 Å². The first-order valence-corrected chi connectivity index (χ1v) is 8.11. The maximum atomic E-state index is 12.3. The molecule has 126 valence electrons. The lowest BCUT2D eigenvalue weighted by Gasteiger charge is -2.34. The summed E-state index contributed by atoms with van der Waals surface area (Å²) in [5.41, 5.74) is 9.30. The van der Waals surface area contributed by atoms with Crippen LogP contribution in [0.4, 0.5) is 0 Å². The summed E-state index contributed by atoms with van der Waals surface area (Å²) in [6.07, 6.45) is 0. The van der Waals surface area contributed by atoms with Crippen LogP contribution in [0.2, 0.25) is 0 Å². The number of imide groups is 1. The summed E-state index contributed by atoms with van der Waals surface area (Å²) in [6, 6.07) is 6.97. The number of hydrogen-bond acceptors (Lipinski definition) is 5. The van der Waals surface area contributed by atoms with Crippen LogP contribution in [0.5, 0.6) is 0 Å². The van der Waals surface area contributed by atoms with Crippen LogP contribution in [0.25, 0.3) is 10.4 Å². The Morgan fingerprint density at radius 3 is 2.00 bits per heavy atom. The Bertz CT molecular complexity index is 642. The smallest absolute Gasteiger partial charge is 0.261 e. The number of piperazine rings is 1. The second-order valence-corrected chi connectivity index (χ2v) is 5.95. The van der Waals surface area contributed by atoms with Gasteiger partial charge in [0, 0.05) is 57.3 Å². The monoisotopic (exact) mass is 328 g/mol. The Balaban J connectivity index is 1.47. The van der Waals surface area contributed by atoms with Crippen molar-refractivity contribution in [3.05, 3.63) is 45.8 Å². The van der Waals surface area contributed by atoms with E-state index in [1.165, 1.54) is 4.90 Å². The van der Waals surface area contributed by atoms with Crippen molar-refractivity contribution in [1.82, 2.24) is 14.7 Å². The average molecular weight is 328 g/mol. The van der Waals surface area contributed by atoms with E-state index < -0.39 is 0 Å². The SMILES string of the molecule is [N-]=[N+]=NCCN1CCN(CCN2C(=O)c3ccccc3C2=O)CC1. The minimum atomic E-state index is -0.191. The Morgan fingerprint density at radius 1 is 0.917 bits per heavy atom. The van der Waals surface area contributed by atoms with Gasteiger partial charge in [0.1, 0.15) is 0 Å². The third-order valence-corrected chi connectivity index (χ3v) is 4.56. The number of carbonyl (C=O) groups is 2. The molecule has 2 amide bonds. The second-order valence-electron chi connectivity index (χ2n) is 5.95. The number of benzene rings is 1. The van der Waals surface area contributed by atoms with Crippen LogP contribution in [0.1, 0.15) is 20.7 Å². The third kappa shape index (κ3) is 3.41.